The molecule has 7 aliphatic heterocycles. The third-order valence-electron chi connectivity index (χ3n) is 23.8. The Morgan fingerprint density at radius 1 is 0.424 bits per heavy atom. The molecule has 8 aromatic carbocycles. The number of hydrogen-bond acceptors (Lipinski definition) is 28. The molecule has 16 rings (SSSR count). The number of carboxylic acids is 1. The van der Waals surface area contributed by atoms with E-state index in [0.717, 1.165) is 89.0 Å². The van der Waals surface area contributed by atoms with E-state index in [0.29, 0.717) is 89.0 Å². The van der Waals surface area contributed by atoms with Gasteiger partial charge in [0.1, 0.15) is 27.9 Å². The summed E-state index contributed by atoms with van der Waals surface area (Å²) in [7, 11) is 6.65. The number of ether oxygens (including phenoxy) is 8. The van der Waals surface area contributed by atoms with Gasteiger partial charge in [-0.3, -0.25) is 73.0 Å². The Morgan fingerprint density at radius 2 is 0.792 bits per heavy atom. The van der Waals surface area contributed by atoms with E-state index in [2.05, 4.69) is 47.6 Å². The Hall–Kier alpha value is -14.6. The van der Waals surface area contributed by atoms with Crippen molar-refractivity contribution in [1.29, 1.82) is 0 Å². The van der Waals surface area contributed by atoms with Crippen molar-refractivity contribution >= 4 is 144 Å². The van der Waals surface area contributed by atoms with Crippen molar-refractivity contribution in [2.45, 2.75) is 205 Å². The molecule has 8 aromatic rings. The average Bonchev–Trinajstić information content (AvgIpc) is 1.61. The van der Waals surface area contributed by atoms with Crippen molar-refractivity contribution in [3.8, 4) is 0 Å². The van der Waals surface area contributed by atoms with Gasteiger partial charge in [-0.1, -0.05) is 162 Å². The number of methoxy groups -OCH3 is 5. The topological polar surface area (TPSA) is 477 Å². The minimum absolute atomic E-state index is 0.00464. The van der Waals surface area contributed by atoms with Crippen molar-refractivity contribution in [2.75, 3.05) is 114 Å². The lowest BCUT2D eigenvalue weighted by atomic mass is 9.97. The number of nitro benzene ring substituents is 2. The number of alkyl halides is 1. The first-order chi connectivity index (χ1) is 68.3. The average molecular weight is 2060 g/mol. The van der Waals surface area contributed by atoms with E-state index in [-0.39, 0.29) is 138 Å². The van der Waals surface area contributed by atoms with Crippen molar-refractivity contribution in [3.05, 3.63) is 247 Å². The highest BCUT2D eigenvalue weighted by Gasteiger charge is 2.45. The number of esters is 5. The van der Waals surface area contributed by atoms with Crippen molar-refractivity contribution < 1.29 is 120 Å². The monoisotopic (exact) mass is 2050 g/mol. The van der Waals surface area contributed by atoms with E-state index >= 15 is 0 Å². The molecule has 4 fully saturated rings. The molecule has 4 saturated heterocycles. The first kappa shape index (κ1) is 115. The number of anilines is 4. The van der Waals surface area contributed by atoms with Crippen LogP contribution in [0.2, 0.25) is 0 Å². The first-order valence-electron chi connectivity index (χ1n) is 47.2. The van der Waals surface area contributed by atoms with Gasteiger partial charge in [0.2, 0.25) is 17.7 Å². The maximum Gasteiger partial charge on any atom is 0.410 e. The fourth-order valence-electron chi connectivity index (χ4n) is 16.9. The van der Waals surface area contributed by atoms with Crippen LogP contribution in [-0.2, 0) is 118 Å². The zero-order valence-corrected chi connectivity index (χ0v) is 85.4. The highest BCUT2D eigenvalue weighted by atomic mass is 79.9. The molecular formula is C106H129BrN10O27. The molecule has 37 nitrogen and oxygen atoms in total. The largest absolute Gasteiger partial charge is 0.481 e. The van der Waals surface area contributed by atoms with E-state index in [1.165, 1.54) is 76.8 Å². The molecule has 4 N–H and O–H groups in total. The van der Waals surface area contributed by atoms with Gasteiger partial charge in [0.25, 0.3) is 11.4 Å². The van der Waals surface area contributed by atoms with Crippen molar-refractivity contribution in [3.63, 3.8) is 0 Å². The van der Waals surface area contributed by atoms with Crippen LogP contribution in [0.4, 0.5) is 48.5 Å². The second kappa shape index (κ2) is 54.6. The Morgan fingerprint density at radius 3 is 1.21 bits per heavy atom. The molecule has 0 spiro atoms. The molecule has 0 radical (unpaired) electrons. The van der Waals surface area contributed by atoms with Gasteiger partial charge in [0.15, 0.2) is 5.78 Å². The van der Waals surface area contributed by atoms with Crippen LogP contribution in [0.15, 0.2) is 182 Å². The Kier molecular flexibility index (Phi) is 43.5. The second-order valence-corrected chi connectivity index (χ2v) is 37.9. The molecule has 772 valence electrons. The number of carboxylic acid groups (broad SMARTS) is 1. The summed E-state index contributed by atoms with van der Waals surface area (Å²) < 4.78 is 38.7. The predicted octanol–water partition coefficient (Wildman–Crippen LogP) is 15.7. The Balaban J connectivity index is 0.000000203. The number of nitrogens with one attached hydrogen (secondary N) is 1. The zero-order chi connectivity index (χ0) is 106. The molecule has 7 heterocycles. The van der Waals surface area contributed by atoms with Gasteiger partial charge < -0.3 is 83.5 Å². The van der Waals surface area contributed by atoms with Crippen LogP contribution >= 0.6 is 15.9 Å². The number of nitro groups is 2. The summed E-state index contributed by atoms with van der Waals surface area (Å²) in [5.74, 6) is -3.09. The number of aliphatic carboxylic acids is 1. The van der Waals surface area contributed by atoms with E-state index in [9.17, 15) is 87.4 Å². The standard InChI is InChI=1S/C21H28N2O5.C18H24N2O3.C16H20N2O3.C12H8O.C10H17NO3.C9H9NO4.C9H11NO2.C8H7NO4.C3H5BrO2/c1-21(2,3)28-20(26)22-11-9-14(10-12-22)23-17-8-6-5-7-15(17)16(19(23)25)13-18(24)27-4;1-18(2,3)23-17(22)19-10-8-14(9-11-19)20-15-7-5-4-6-13(15)12-16(20)21;1-21-15(19)10-13-12-4-2-3-5-14(12)18(16(13)20)11-6-8-17-9-7-11;13-11-7-9-5-1-3-8-4-2-6-10(11)12(8)9;1-10(2,3)14-9(13)11-6-4-8(12)5-7-11;1-14-9(11)6-7-4-2-3-5-8(7)10(12)13;1-12-9(11)6-7-4-2-3-5-8(7)10;10-8(11)5-6-3-1-2-4-7(6)9(12)13;1-6-3(5)2-4/h5-8,14,16H,9-13H2,1-4H3;4-7,14H,8-12H2,1-3H3;2-5,11,13,17H,6-10H2,1H3;1-6H,7H2;4-7H2,1-3H3;2-5H,6H2,1H3;2-5H,6,10H2,1H3;1-4H,5H2,(H,10,11);2H2,1H3. The van der Waals surface area contributed by atoms with Crippen LogP contribution < -0.4 is 25.8 Å². The number of rotatable bonds is 16. The number of Topliss-reactive ketones (excluding diaryl/α,β-unsaturated/α-hetero) is 2. The lowest BCUT2D eigenvalue weighted by molar-refractivity contribution is -0.385. The SMILES string of the molecule is CC(C)(C)OC(=O)N1CCC(=O)CC1.CC(C)(C)OC(=O)N1CCC(N2C(=O)Cc3ccccc32)CC1.COC(=O)CBr.COC(=O)CC1C(=O)N(C2CCN(C(=O)OC(C)(C)C)CC2)c2ccccc21.COC(=O)CC1C(=O)N(C2CCNCC2)c2ccccc21.COC(=O)Cc1ccccc1N.COC(=O)Cc1ccccc1[N+](=O)[O-].O=C(O)Cc1ccccc1[N+](=O)[O-].O=C1Cc2cccc3cccc1c23. The smallest absolute Gasteiger partial charge is 0.410 e. The molecule has 0 saturated carbocycles. The normalized spacial score (nSPS) is 16.1. The number of halogens is 1. The Bertz CT molecular complexity index is 5850. The van der Waals surface area contributed by atoms with Gasteiger partial charge in [-0.25, -0.2) is 14.4 Å². The number of nitrogens with two attached hydrogens (primary N) is 1. The van der Waals surface area contributed by atoms with Crippen LogP contribution in [0.5, 0.6) is 0 Å². The van der Waals surface area contributed by atoms with E-state index in [4.69, 9.17) is 34.5 Å². The van der Waals surface area contributed by atoms with E-state index < -0.39 is 56.4 Å². The summed E-state index contributed by atoms with van der Waals surface area (Å²) in [5.41, 5.74) is 13.8. The Labute approximate surface area is 845 Å². The van der Waals surface area contributed by atoms with Gasteiger partial charge >= 0.3 is 54.1 Å². The van der Waals surface area contributed by atoms with E-state index in [1.54, 1.807) is 39.0 Å². The maximum atomic E-state index is 13.1. The molecule has 0 aromatic heterocycles. The summed E-state index contributed by atoms with van der Waals surface area (Å²) in [5, 5.41) is 35.4. The first-order valence-corrected chi connectivity index (χ1v) is 48.3. The van der Waals surface area contributed by atoms with Crippen LogP contribution in [0.1, 0.15) is 188 Å². The molecule has 2 atom stereocenters. The van der Waals surface area contributed by atoms with Crippen molar-refractivity contribution in [1.82, 2.24) is 20.0 Å². The number of nitrogens with zero attached hydrogens (tertiary/aromatic N) is 8. The van der Waals surface area contributed by atoms with Gasteiger partial charge in [0, 0.05) is 128 Å². The van der Waals surface area contributed by atoms with Gasteiger partial charge in [0.05, 0.1) is 95.8 Å². The molecule has 6 amide bonds. The molecular weight excluding hydrogens is 1930 g/mol. The predicted molar refractivity (Wildman–Crippen MR) is 541 cm³/mol. The summed E-state index contributed by atoms with van der Waals surface area (Å²) in [6.07, 6.45) is 5.92. The summed E-state index contributed by atoms with van der Waals surface area (Å²) >= 11 is 2.90. The number of ketones is 2. The fraction of sp³-hybridized carbons (Fsp3) is 0.434. The van der Waals surface area contributed by atoms with Crippen LogP contribution in [0.25, 0.3) is 10.8 Å². The van der Waals surface area contributed by atoms with E-state index in [1.807, 2.05) is 192 Å². The second-order valence-electron chi connectivity index (χ2n) is 37.3. The lowest BCUT2D eigenvalue weighted by Gasteiger charge is -2.37. The van der Waals surface area contributed by atoms with Crippen LogP contribution in [0.3, 0.4) is 0 Å². The highest BCUT2D eigenvalue weighted by Crippen LogP contribution is 2.44. The van der Waals surface area contributed by atoms with Crippen LogP contribution in [-0.4, -0.2) is 241 Å². The lowest BCUT2D eigenvalue weighted by Crippen LogP contribution is -2.49. The number of para-hydroxylation sites is 6. The highest BCUT2D eigenvalue weighted by molar-refractivity contribution is 9.09. The number of hydrogen-bond donors (Lipinski definition) is 3. The fourth-order valence-corrected chi connectivity index (χ4v) is 17.1. The minimum Gasteiger partial charge on any atom is -0.481 e. The number of nitrogen functional groups attached to an aromatic ring is 1. The molecule has 0 bridgehead atoms. The molecule has 2 unspecified atom stereocenters. The number of carbonyl (C=O) groups excluding carboxylic acids is 13. The summed E-state index contributed by atoms with van der Waals surface area (Å²) in [4.78, 5) is 193. The third-order valence-corrected chi connectivity index (χ3v) is 24.2. The maximum absolute atomic E-state index is 13.1. The van der Waals surface area contributed by atoms with Crippen LogP contribution in [0, 0.1) is 20.2 Å². The number of fused-ring (bicyclic) bond motifs is 3. The molecule has 1 aliphatic carbocycles. The quantitative estimate of drug-likeness (QED) is 0.0202. The number of carbonyl (C=O) groups is 14. The minimum atomic E-state index is -1.07. The number of likely N-dealkylation sites (tertiary alicyclic amines) is 3. The van der Waals surface area contributed by atoms with Gasteiger partial charge in [-0.2, -0.15) is 0 Å². The molecule has 144 heavy (non-hydrogen) atoms. The van der Waals surface area contributed by atoms with Gasteiger partial charge in [-0.05, 0) is 177 Å². The van der Waals surface area contributed by atoms with Gasteiger partial charge in [-0.15, -0.1) is 0 Å². The van der Waals surface area contributed by atoms with Crippen molar-refractivity contribution in [2.24, 2.45) is 0 Å². The zero-order valence-electron chi connectivity index (χ0n) is 83.8. The summed E-state index contributed by atoms with van der Waals surface area (Å²) in [6, 6.07) is 54.9. The third kappa shape index (κ3) is 34.1. The summed E-state index contributed by atoms with van der Waals surface area (Å²) in [6.45, 7) is 21.8. The number of piperidine rings is 4. The molecule has 8 aliphatic rings. The number of benzene rings is 8. The number of amides is 6. The molecule has 38 heteroatoms.